The number of amides is 1. The lowest BCUT2D eigenvalue weighted by molar-refractivity contribution is -0.123. The van der Waals surface area contributed by atoms with E-state index >= 15 is 0 Å². The first-order valence-corrected chi connectivity index (χ1v) is 11.6. The molecule has 0 atom stereocenters. The summed E-state index contributed by atoms with van der Waals surface area (Å²) in [7, 11) is -3.46. The number of hydrogen-bond donors (Lipinski definition) is 1. The van der Waals surface area contributed by atoms with Crippen LogP contribution in [0.15, 0.2) is 53.4 Å². The van der Waals surface area contributed by atoms with Crippen LogP contribution in [0, 0.1) is 6.92 Å². The van der Waals surface area contributed by atoms with Crippen molar-refractivity contribution in [2.75, 3.05) is 45.9 Å². The normalized spacial score (nSPS) is 15.7. The van der Waals surface area contributed by atoms with Gasteiger partial charge in [0, 0.05) is 44.3 Å². The Bertz CT molecular complexity index is 941. The first-order chi connectivity index (χ1) is 14.3. The molecule has 0 bridgehead atoms. The van der Waals surface area contributed by atoms with Crippen molar-refractivity contribution < 1.29 is 17.9 Å². The molecule has 7 nitrogen and oxygen atoms in total. The van der Waals surface area contributed by atoms with Crippen molar-refractivity contribution in [3.63, 3.8) is 0 Å². The molecule has 1 heterocycles. The van der Waals surface area contributed by atoms with E-state index in [2.05, 4.69) is 10.2 Å². The van der Waals surface area contributed by atoms with Crippen molar-refractivity contribution in [3.05, 3.63) is 59.1 Å². The van der Waals surface area contributed by atoms with Gasteiger partial charge in [-0.15, -0.1) is 0 Å². The van der Waals surface area contributed by atoms with E-state index in [4.69, 9.17) is 16.3 Å². The fraction of sp³-hybridized carbons (Fsp3) is 0.381. The Labute approximate surface area is 182 Å². The maximum absolute atomic E-state index is 12.7. The maximum Gasteiger partial charge on any atom is 0.257 e. The highest BCUT2D eigenvalue weighted by molar-refractivity contribution is 7.89. The first-order valence-electron chi connectivity index (χ1n) is 9.79. The van der Waals surface area contributed by atoms with E-state index in [1.54, 1.807) is 36.4 Å². The Hall–Kier alpha value is -2.13. The van der Waals surface area contributed by atoms with Gasteiger partial charge in [0.05, 0.1) is 4.90 Å². The fourth-order valence-electron chi connectivity index (χ4n) is 3.14. The third kappa shape index (κ3) is 6.18. The number of carbonyl (C=O) groups is 1. The number of nitrogens with zero attached hydrogens (tertiary/aromatic N) is 2. The Morgan fingerprint density at radius 2 is 1.67 bits per heavy atom. The van der Waals surface area contributed by atoms with Gasteiger partial charge in [0.1, 0.15) is 5.75 Å². The van der Waals surface area contributed by atoms with Gasteiger partial charge in [-0.05, 0) is 43.3 Å². The molecule has 1 aliphatic rings. The second kappa shape index (κ2) is 10.3. The lowest BCUT2D eigenvalue weighted by Crippen LogP contribution is -2.50. The standard InChI is InChI=1S/C21H26ClN3O4S/c1-17-2-8-20(9-3-17)30(27,28)25-14-12-24(13-15-25)11-10-23-21(26)16-29-19-6-4-18(22)5-7-19/h2-9H,10-16H2,1H3,(H,23,26). The summed E-state index contributed by atoms with van der Waals surface area (Å²) in [5.74, 6) is 0.381. The average Bonchev–Trinajstić information content (AvgIpc) is 2.74. The van der Waals surface area contributed by atoms with E-state index in [1.807, 2.05) is 19.1 Å². The highest BCUT2D eigenvalue weighted by Crippen LogP contribution is 2.18. The molecule has 1 saturated heterocycles. The molecule has 2 aromatic rings. The van der Waals surface area contributed by atoms with Gasteiger partial charge in [0.15, 0.2) is 6.61 Å². The molecular formula is C21H26ClN3O4S. The molecule has 0 aromatic heterocycles. The Morgan fingerprint density at radius 1 is 1.03 bits per heavy atom. The van der Waals surface area contributed by atoms with Crippen LogP contribution < -0.4 is 10.1 Å². The third-order valence-electron chi connectivity index (χ3n) is 4.92. The number of sulfonamides is 1. The maximum atomic E-state index is 12.7. The number of carbonyl (C=O) groups excluding carboxylic acids is 1. The van der Waals surface area contributed by atoms with E-state index < -0.39 is 10.0 Å². The summed E-state index contributed by atoms with van der Waals surface area (Å²) in [6.45, 7) is 5.12. The lowest BCUT2D eigenvalue weighted by atomic mass is 10.2. The molecule has 0 aliphatic carbocycles. The number of hydrogen-bond acceptors (Lipinski definition) is 5. The molecule has 9 heteroatoms. The zero-order valence-electron chi connectivity index (χ0n) is 16.9. The number of aryl methyl sites for hydroxylation is 1. The van der Waals surface area contributed by atoms with Crippen molar-refractivity contribution >= 4 is 27.5 Å². The Balaban J connectivity index is 1.37. The lowest BCUT2D eigenvalue weighted by Gasteiger charge is -2.34. The second-order valence-corrected chi connectivity index (χ2v) is 9.53. The SMILES string of the molecule is Cc1ccc(S(=O)(=O)N2CCN(CCNC(=O)COc3ccc(Cl)cc3)CC2)cc1. The quantitative estimate of drug-likeness (QED) is 0.665. The van der Waals surface area contributed by atoms with Crippen molar-refractivity contribution in [1.82, 2.24) is 14.5 Å². The molecular weight excluding hydrogens is 426 g/mol. The monoisotopic (exact) mass is 451 g/mol. The summed E-state index contributed by atoms with van der Waals surface area (Å²) in [6, 6.07) is 13.7. The van der Waals surface area contributed by atoms with Gasteiger partial charge >= 0.3 is 0 Å². The number of halogens is 1. The summed E-state index contributed by atoms with van der Waals surface area (Å²) in [5, 5.41) is 3.43. The molecule has 1 N–H and O–H groups in total. The van der Waals surface area contributed by atoms with Crippen LogP contribution in [0.2, 0.25) is 5.02 Å². The van der Waals surface area contributed by atoms with E-state index in [0.29, 0.717) is 54.9 Å². The average molecular weight is 452 g/mol. The highest BCUT2D eigenvalue weighted by atomic mass is 35.5. The van der Waals surface area contributed by atoms with Gasteiger partial charge in [-0.3, -0.25) is 9.69 Å². The zero-order chi connectivity index (χ0) is 21.6. The summed E-state index contributed by atoms with van der Waals surface area (Å²) in [6.07, 6.45) is 0. The van der Waals surface area contributed by atoms with Gasteiger partial charge < -0.3 is 10.1 Å². The third-order valence-corrected chi connectivity index (χ3v) is 7.09. The fourth-order valence-corrected chi connectivity index (χ4v) is 4.69. The number of nitrogens with one attached hydrogen (secondary N) is 1. The molecule has 0 radical (unpaired) electrons. The molecule has 0 saturated carbocycles. The molecule has 3 rings (SSSR count). The van der Waals surface area contributed by atoms with Crippen LogP contribution in [0.1, 0.15) is 5.56 Å². The van der Waals surface area contributed by atoms with Gasteiger partial charge in [-0.25, -0.2) is 8.42 Å². The van der Waals surface area contributed by atoms with Gasteiger partial charge in [0.2, 0.25) is 10.0 Å². The number of ether oxygens (including phenoxy) is 1. The second-order valence-electron chi connectivity index (χ2n) is 7.15. The first kappa shape index (κ1) is 22.6. The van der Waals surface area contributed by atoms with Crippen molar-refractivity contribution in [3.8, 4) is 5.75 Å². The molecule has 1 aliphatic heterocycles. The number of benzene rings is 2. The number of rotatable bonds is 8. The molecule has 0 unspecified atom stereocenters. The van der Waals surface area contributed by atoms with Crippen LogP contribution in [0.4, 0.5) is 0 Å². The van der Waals surface area contributed by atoms with Crippen LogP contribution in [0.3, 0.4) is 0 Å². The zero-order valence-corrected chi connectivity index (χ0v) is 18.5. The smallest absolute Gasteiger partial charge is 0.257 e. The van der Waals surface area contributed by atoms with Crippen LogP contribution in [0.5, 0.6) is 5.75 Å². The summed E-state index contributed by atoms with van der Waals surface area (Å²) < 4.78 is 32.4. The Kier molecular flexibility index (Phi) is 7.71. The van der Waals surface area contributed by atoms with Gasteiger partial charge in [-0.2, -0.15) is 4.31 Å². The van der Waals surface area contributed by atoms with Crippen LogP contribution in [0.25, 0.3) is 0 Å². The summed E-state index contributed by atoms with van der Waals surface area (Å²) >= 11 is 5.81. The van der Waals surface area contributed by atoms with Crippen LogP contribution >= 0.6 is 11.6 Å². The molecule has 1 fully saturated rings. The highest BCUT2D eigenvalue weighted by Gasteiger charge is 2.28. The van der Waals surface area contributed by atoms with Crippen molar-refractivity contribution in [1.29, 1.82) is 0 Å². The van der Waals surface area contributed by atoms with Gasteiger partial charge in [0.25, 0.3) is 5.91 Å². The van der Waals surface area contributed by atoms with E-state index in [9.17, 15) is 13.2 Å². The molecule has 2 aromatic carbocycles. The van der Waals surface area contributed by atoms with Crippen LogP contribution in [-0.4, -0.2) is 69.4 Å². The predicted octanol–water partition coefficient (Wildman–Crippen LogP) is 2.15. The van der Waals surface area contributed by atoms with E-state index in [0.717, 1.165) is 5.56 Å². The minimum Gasteiger partial charge on any atom is -0.484 e. The van der Waals surface area contributed by atoms with Crippen molar-refractivity contribution in [2.45, 2.75) is 11.8 Å². The van der Waals surface area contributed by atoms with E-state index in [1.165, 1.54) is 4.31 Å². The largest absolute Gasteiger partial charge is 0.484 e. The van der Waals surface area contributed by atoms with Gasteiger partial charge in [-0.1, -0.05) is 29.3 Å². The molecule has 0 spiro atoms. The summed E-state index contributed by atoms with van der Waals surface area (Å²) in [5.41, 5.74) is 1.03. The molecule has 1 amide bonds. The molecule has 162 valence electrons. The van der Waals surface area contributed by atoms with Crippen LogP contribution in [-0.2, 0) is 14.8 Å². The topological polar surface area (TPSA) is 79.0 Å². The molecule has 30 heavy (non-hydrogen) atoms. The summed E-state index contributed by atoms with van der Waals surface area (Å²) in [4.78, 5) is 14.4. The predicted molar refractivity (Wildman–Crippen MR) is 116 cm³/mol. The van der Waals surface area contributed by atoms with Crippen molar-refractivity contribution in [2.24, 2.45) is 0 Å². The minimum absolute atomic E-state index is 0.0653. The van der Waals surface area contributed by atoms with E-state index in [-0.39, 0.29) is 12.5 Å². The minimum atomic E-state index is -3.46. The number of piperazine rings is 1. The Morgan fingerprint density at radius 3 is 2.30 bits per heavy atom.